The van der Waals surface area contributed by atoms with Gasteiger partial charge in [0.25, 0.3) is 0 Å². The maximum atomic E-state index is 13.0. The molecule has 1 aromatic carbocycles. The minimum absolute atomic E-state index is 0.160. The molecule has 0 aliphatic carbocycles. The zero-order chi connectivity index (χ0) is 11.7. The highest BCUT2D eigenvalue weighted by molar-refractivity contribution is 6.34. The molecule has 0 atom stereocenters. The van der Waals surface area contributed by atoms with Crippen LogP contribution >= 0.6 is 11.6 Å². The average Bonchev–Trinajstić information content (AvgIpc) is 2.22. The van der Waals surface area contributed by atoms with Gasteiger partial charge < -0.3 is 0 Å². The molecule has 16 heavy (non-hydrogen) atoms. The minimum Gasteiger partial charge on any atom is -0.233 e. The monoisotopic (exact) mass is 242 g/mol. The lowest BCUT2D eigenvalue weighted by molar-refractivity contribution is 0.510. The van der Waals surface area contributed by atoms with E-state index in [1.54, 1.807) is 0 Å². The van der Waals surface area contributed by atoms with Crippen molar-refractivity contribution in [3.8, 4) is 0 Å². The van der Waals surface area contributed by atoms with Crippen LogP contribution in [0.3, 0.4) is 0 Å². The molecule has 0 bridgehead atoms. The summed E-state index contributed by atoms with van der Waals surface area (Å²) in [4.78, 5) is 8.15. The second-order valence-electron chi connectivity index (χ2n) is 3.46. The summed E-state index contributed by atoms with van der Waals surface area (Å²) in [5, 5.41) is 0.493. The third-order valence-electron chi connectivity index (χ3n) is 2.21. The van der Waals surface area contributed by atoms with Gasteiger partial charge >= 0.3 is 0 Å². The Bertz CT molecular complexity index is 543. The number of benzene rings is 1. The van der Waals surface area contributed by atoms with E-state index in [1.807, 2.05) is 6.92 Å². The summed E-state index contributed by atoms with van der Waals surface area (Å²) in [5.74, 6) is -1.32. The Morgan fingerprint density at radius 2 is 1.88 bits per heavy atom. The number of aromatic nitrogens is 2. The smallest absolute Gasteiger partial charge is 0.161 e. The van der Waals surface area contributed by atoms with Crippen LogP contribution in [-0.4, -0.2) is 9.97 Å². The minimum atomic E-state index is -0.943. The normalized spacial score (nSPS) is 11.0. The number of aryl methyl sites for hydroxylation is 1. The van der Waals surface area contributed by atoms with E-state index < -0.39 is 11.6 Å². The first-order chi connectivity index (χ1) is 7.61. The molecule has 2 rings (SSSR count). The summed E-state index contributed by atoms with van der Waals surface area (Å²) < 4.78 is 26.0. The fraction of sp³-hybridized carbons (Fsp3) is 0.273. The summed E-state index contributed by atoms with van der Waals surface area (Å²) in [5.41, 5.74) is 0.336. The molecule has 0 N–H and O–H groups in total. The molecule has 0 radical (unpaired) electrons. The van der Waals surface area contributed by atoms with Gasteiger partial charge in [0.05, 0.1) is 5.52 Å². The van der Waals surface area contributed by atoms with E-state index in [4.69, 9.17) is 11.6 Å². The van der Waals surface area contributed by atoms with E-state index in [-0.39, 0.29) is 5.15 Å². The predicted octanol–water partition coefficient (Wildman–Crippen LogP) is 3.51. The van der Waals surface area contributed by atoms with Crippen LogP contribution in [0.2, 0.25) is 5.15 Å². The topological polar surface area (TPSA) is 25.8 Å². The molecule has 1 heterocycles. The fourth-order valence-electron chi connectivity index (χ4n) is 1.47. The molecular weight excluding hydrogens is 234 g/mol. The number of rotatable bonds is 2. The predicted molar refractivity (Wildman–Crippen MR) is 58.5 cm³/mol. The largest absolute Gasteiger partial charge is 0.233 e. The zero-order valence-electron chi connectivity index (χ0n) is 8.60. The maximum Gasteiger partial charge on any atom is 0.161 e. The summed E-state index contributed by atoms with van der Waals surface area (Å²) >= 11 is 5.88. The maximum absolute atomic E-state index is 13.0. The van der Waals surface area contributed by atoms with E-state index in [2.05, 4.69) is 9.97 Å². The molecule has 5 heteroatoms. The highest BCUT2D eigenvalue weighted by atomic mass is 35.5. The highest BCUT2D eigenvalue weighted by Gasteiger charge is 2.10. The lowest BCUT2D eigenvalue weighted by atomic mass is 10.2. The molecule has 0 saturated heterocycles. The number of hydrogen-bond acceptors (Lipinski definition) is 2. The molecule has 1 aromatic heterocycles. The van der Waals surface area contributed by atoms with Crippen molar-refractivity contribution in [3.63, 3.8) is 0 Å². The Balaban J connectivity index is 2.67. The van der Waals surface area contributed by atoms with Crippen LogP contribution < -0.4 is 0 Å². The number of nitrogens with zero attached hydrogens (tertiary/aromatic N) is 2. The van der Waals surface area contributed by atoms with E-state index in [9.17, 15) is 8.78 Å². The second kappa shape index (κ2) is 4.29. The first-order valence-electron chi connectivity index (χ1n) is 4.93. The first-order valence-corrected chi connectivity index (χ1v) is 5.30. The first kappa shape index (κ1) is 11.2. The van der Waals surface area contributed by atoms with Gasteiger partial charge in [0.2, 0.25) is 0 Å². The van der Waals surface area contributed by atoms with Crippen LogP contribution in [0.5, 0.6) is 0 Å². The van der Waals surface area contributed by atoms with E-state index >= 15 is 0 Å². The third-order valence-corrected chi connectivity index (χ3v) is 2.50. The van der Waals surface area contributed by atoms with Gasteiger partial charge in [-0.05, 0) is 12.5 Å². The molecule has 0 spiro atoms. The summed E-state index contributed by atoms with van der Waals surface area (Å²) in [7, 11) is 0. The Morgan fingerprint density at radius 3 is 2.56 bits per heavy atom. The summed E-state index contributed by atoms with van der Waals surface area (Å²) in [6.45, 7) is 1.98. The van der Waals surface area contributed by atoms with Crippen LogP contribution in [0.25, 0.3) is 10.9 Å². The van der Waals surface area contributed by atoms with Crippen LogP contribution in [0.4, 0.5) is 8.78 Å². The molecule has 0 amide bonds. The zero-order valence-corrected chi connectivity index (χ0v) is 9.35. The van der Waals surface area contributed by atoms with Gasteiger partial charge in [-0.1, -0.05) is 18.5 Å². The highest BCUT2D eigenvalue weighted by Crippen LogP contribution is 2.23. The van der Waals surface area contributed by atoms with Gasteiger partial charge in [0.1, 0.15) is 11.0 Å². The van der Waals surface area contributed by atoms with Crippen molar-refractivity contribution in [1.82, 2.24) is 9.97 Å². The van der Waals surface area contributed by atoms with Crippen molar-refractivity contribution in [2.24, 2.45) is 0 Å². The van der Waals surface area contributed by atoms with Gasteiger partial charge in [-0.15, -0.1) is 0 Å². The molecule has 0 saturated carbocycles. The van der Waals surface area contributed by atoms with E-state index in [1.165, 1.54) is 0 Å². The van der Waals surface area contributed by atoms with Crippen LogP contribution in [0.15, 0.2) is 12.1 Å². The lowest BCUT2D eigenvalue weighted by Gasteiger charge is -2.04. The van der Waals surface area contributed by atoms with Crippen LogP contribution in [-0.2, 0) is 6.42 Å². The van der Waals surface area contributed by atoms with E-state index in [0.717, 1.165) is 18.6 Å². The summed E-state index contributed by atoms with van der Waals surface area (Å²) in [6, 6.07) is 2.06. The van der Waals surface area contributed by atoms with Crippen molar-refractivity contribution >= 4 is 22.5 Å². The van der Waals surface area contributed by atoms with Crippen molar-refractivity contribution in [3.05, 3.63) is 34.7 Å². The van der Waals surface area contributed by atoms with Crippen LogP contribution in [0, 0.1) is 11.6 Å². The number of fused-ring (bicyclic) bond motifs is 1. The van der Waals surface area contributed by atoms with Gasteiger partial charge in [0.15, 0.2) is 11.6 Å². The van der Waals surface area contributed by atoms with Crippen molar-refractivity contribution < 1.29 is 8.78 Å². The number of halogens is 3. The molecule has 0 aliphatic heterocycles. The molecule has 2 nitrogen and oxygen atoms in total. The van der Waals surface area contributed by atoms with Gasteiger partial charge in [-0.2, -0.15) is 0 Å². The molecule has 84 valence electrons. The Kier molecular flexibility index (Phi) is 3.01. The molecule has 2 aromatic rings. The molecule has 0 fully saturated rings. The van der Waals surface area contributed by atoms with Gasteiger partial charge in [0, 0.05) is 17.9 Å². The summed E-state index contributed by atoms with van der Waals surface area (Å²) in [6.07, 6.45) is 1.53. The molecule has 0 aliphatic rings. The second-order valence-corrected chi connectivity index (χ2v) is 3.82. The quantitative estimate of drug-likeness (QED) is 0.753. The van der Waals surface area contributed by atoms with Gasteiger partial charge in [-0.25, -0.2) is 18.7 Å². The molecule has 0 unspecified atom stereocenters. The average molecular weight is 243 g/mol. The third kappa shape index (κ3) is 1.97. The van der Waals surface area contributed by atoms with Crippen molar-refractivity contribution in [1.29, 1.82) is 0 Å². The Morgan fingerprint density at radius 1 is 1.19 bits per heavy atom. The van der Waals surface area contributed by atoms with Crippen molar-refractivity contribution in [2.75, 3.05) is 0 Å². The van der Waals surface area contributed by atoms with Crippen LogP contribution in [0.1, 0.15) is 19.2 Å². The Hall–Kier alpha value is -1.29. The van der Waals surface area contributed by atoms with Gasteiger partial charge in [-0.3, -0.25) is 0 Å². The number of hydrogen-bond donors (Lipinski definition) is 0. The standard InChI is InChI=1S/C11H9ClF2N2/c1-2-3-10-15-9-5-8(14)7(13)4-6(9)11(12)16-10/h4-5H,2-3H2,1H3. The van der Waals surface area contributed by atoms with Crippen molar-refractivity contribution in [2.45, 2.75) is 19.8 Å². The molecular formula is C11H9ClF2N2. The lowest BCUT2D eigenvalue weighted by Crippen LogP contribution is -1.97. The SMILES string of the molecule is CCCc1nc(Cl)c2cc(F)c(F)cc2n1. The Labute approximate surface area is 96.3 Å². The van der Waals surface area contributed by atoms with E-state index in [0.29, 0.717) is 23.1 Å². The fourth-order valence-corrected chi connectivity index (χ4v) is 1.72.